The minimum absolute atomic E-state index is 0.178. The van der Waals surface area contributed by atoms with Gasteiger partial charge in [-0.2, -0.15) is 0 Å². The number of hydrogen-bond donors (Lipinski definition) is 1. The number of nitrogens with zero attached hydrogens (tertiary/aromatic N) is 2. The van der Waals surface area contributed by atoms with Crippen molar-refractivity contribution in [3.8, 4) is 22.3 Å². The second-order valence-electron chi connectivity index (χ2n) is 9.47. The highest BCUT2D eigenvalue weighted by molar-refractivity contribution is 8.00. The molecule has 5 aromatic rings. The zero-order chi connectivity index (χ0) is 27.6. The van der Waals surface area contributed by atoms with Gasteiger partial charge in [-0.1, -0.05) is 66.4 Å². The van der Waals surface area contributed by atoms with Gasteiger partial charge in [0.25, 0.3) is 0 Å². The molecule has 0 spiro atoms. The Bertz CT molecular complexity index is 1710. The van der Waals surface area contributed by atoms with Gasteiger partial charge < -0.3 is 10.1 Å². The van der Waals surface area contributed by atoms with E-state index in [4.69, 9.17) is 4.74 Å². The fraction of sp³-hybridized carbons (Fsp3) is 0.226. The molecule has 6 rings (SSSR count). The molecule has 3 heterocycles. The average Bonchev–Trinajstić information content (AvgIpc) is 3.67. The van der Waals surface area contributed by atoms with Crippen LogP contribution in [0.4, 0.5) is 5.00 Å². The molecule has 1 aliphatic carbocycles. The monoisotopic (exact) mass is 585 g/mol. The molecule has 9 heteroatoms. The summed E-state index contributed by atoms with van der Waals surface area (Å²) in [7, 11) is 0. The summed E-state index contributed by atoms with van der Waals surface area (Å²) in [6.07, 6.45) is 3.28. The number of esters is 1. The van der Waals surface area contributed by atoms with Crippen LogP contribution in [0.5, 0.6) is 0 Å². The molecule has 0 fully saturated rings. The van der Waals surface area contributed by atoms with Crippen LogP contribution in [0.1, 0.15) is 40.0 Å². The number of rotatable bonds is 8. The van der Waals surface area contributed by atoms with E-state index in [-0.39, 0.29) is 18.3 Å². The van der Waals surface area contributed by atoms with Gasteiger partial charge in [0.15, 0.2) is 0 Å². The molecule has 1 aliphatic rings. The van der Waals surface area contributed by atoms with Crippen molar-refractivity contribution < 1.29 is 14.3 Å². The third-order valence-electron chi connectivity index (χ3n) is 6.81. The topological polar surface area (TPSA) is 81.2 Å². The summed E-state index contributed by atoms with van der Waals surface area (Å²) >= 11 is 4.50. The molecule has 0 aliphatic heterocycles. The number of amides is 1. The molecule has 0 unspecified atom stereocenters. The number of aryl methyl sites for hydroxylation is 3. The summed E-state index contributed by atoms with van der Waals surface area (Å²) < 4.78 is 5.38. The van der Waals surface area contributed by atoms with Crippen molar-refractivity contribution in [3.63, 3.8) is 0 Å². The van der Waals surface area contributed by atoms with E-state index in [1.54, 1.807) is 18.3 Å². The van der Waals surface area contributed by atoms with E-state index in [0.717, 1.165) is 56.8 Å². The standard InChI is InChI=1S/C31H27N3O3S3/c1-3-37-31(36)27-23(21-14-12-20(13-15-21)19-8-5-4-6-9-19)16-38-29(27)34-25(35)17-39-28-26-22-10-7-11-24(22)40-30(26)33-18(2)32-28/h4-6,8-9,12-16H,3,7,10-11,17H2,1-2H3,(H,34,35). The van der Waals surface area contributed by atoms with Crippen LogP contribution in [0.25, 0.3) is 32.5 Å². The van der Waals surface area contributed by atoms with Crippen LogP contribution in [0.2, 0.25) is 0 Å². The highest BCUT2D eigenvalue weighted by atomic mass is 32.2. The zero-order valence-corrected chi connectivity index (χ0v) is 24.6. The molecular weight excluding hydrogens is 559 g/mol. The quantitative estimate of drug-likeness (QED) is 0.114. The first-order valence-corrected chi connectivity index (χ1v) is 15.9. The van der Waals surface area contributed by atoms with Crippen LogP contribution in [0, 0.1) is 6.92 Å². The van der Waals surface area contributed by atoms with Gasteiger partial charge in [0.2, 0.25) is 5.91 Å². The van der Waals surface area contributed by atoms with Crippen molar-refractivity contribution in [2.24, 2.45) is 0 Å². The van der Waals surface area contributed by atoms with Crippen molar-refractivity contribution in [1.82, 2.24) is 9.97 Å². The molecule has 40 heavy (non-hydrogen) atoms. The number of benzene rings is 2. The Labute approximate surface area is 244 Å². The number of aromatic nitrogens is 2. The minimum Gasteiger partial charge on any atom is -0.462 e. The van der Waals surface area contributed by atoms with Gasteiger partial charge in [0, 0.05) is 21.2 Å². The Kier molecular flexibility index (Phi) is 7.69. The minimum atomic E-state index is -0.448. The van der Waals surface area contributed by atoms with E-state index in [1.165, 1.54) is 33.5 Å². The SMILES string of the molecule is CCOC(=O)c1c(-c2ccc(-c3ccccc3)cc2)csc1NC(=O)CSc1nc(C)nc2sc3c(c12)CCC3. The Morgan fingerprint density at radius 1 is 1.00 bits per heavy atom. The number of thiophene rings is 2. The van der Waals surface area contributed by atoms with Gasteiger partial charge in [-0.3, -0.25) is 4.79 Å². The molecule has 202 valence electrons. The van der Waals surface area contributed by atoms with Gasteiger partial charge in [0.05, 0.1) is 12.4 Å². The van der Waals surface area contributed by atoms with Crippen LogP contribution in [0.15, 0.2) is 65.0 Å². The summed E-state index contributed by atoms with van der Waals surface area (Å²) in [4.78, 5) is 37.9. The molecule has 0 atom stereocenters. The number of anilines is 1. The lowest BCUT2D eigenvalue weighted by atomic mass is 9.99. The van der Waals surface area contributed by atoms with Crippen molar-refractivity contribution in [2.45, 2.75) is 38.1 Å². The average molecular weight is 586 g/mol. The van der Waals surface area contributed by atoms with Gasteiger partial charge in [-0.05, 0) is 55.4 Å². The smallest absolute Gasteiger partial charge is 0.341 e. The number of hydrogen-bond acceptors (Lipinski definition) is 8. The number of ether oxygens (including phenoxy) is 1. The van der Waals surface area contributed by atoms with Gasteiger partial charge in [-0.25, -0.2) is 14.8 Å². The molecule has 1 amide bonds. The number of thioether (sulfide) groups is 1. The Hall–Kier alpha value is -3.53. The zero-order valence-electron chi connectivity index (χ0n) is 22.2. The van der Waals surface area contributed by atoms with Crippen LogP contribution in [-0.2, 0) is 22.4 Å². The van der Waals surface area contributed by atoms with E-state index in [9.17, 15) is 9.59 Å². The lowest BCUT2D eigenvalue weighted by molar-refractivity contribution is -0.113. The molecule has 2 aromatic carbocycles. The van der Waals surface area contributed by atoms with Crippen LogP contribution in [-0.4, -0.2) is 34.2 Å². The Morgan fingerprint density at radius 2 is 1.75 bits per heavy atom. The van der Waals surface area contributed by atoms with Crippen molar-refractivity contribution in [3.05, 3.63) is 81.8 Å². The van der Waals surface area contributed by atoms with Crippen molar-refractivity contribution in [1.29, 1.82) is 0 Å². The van der Waals surface area contributed by atoms with Crippen LogP contribution >= 0.6 is 34.4 Å². The third kappa shape index (κ3) is 5.29. The number of fused-ring (bicyclic) bond motifs is 3. The Morgan fingerprint density at radius 3 is 2.52 bits per heavy atom. The lowest BCUT2D eigenvalue weighted by Gasteiger charge is -2.10. The summed E-state index contributed by atoms with van der Waals surface area (Å²) in [5.74, 6) is 0.244. The molecule has 0 saturated carbocycles. The van der Waals surface area contributed by atoms with E-state index in [2.05, 4.69) is 27.4 Å². The van der Waals surface area contributed by atoms with Crippen molar-refractivity contribution >= 4 is 61.5 Å². The van der Waals surface area contributed by atoms with Gasteiger partial charge in [-0.15, -0.1) is 22.7 Å². The number of nitrogens with one attached hydrogen (secondary N) is 1. The largest absolute Gasteiger partial charge is 0.462 e. The first-order valence-electron chi connectivity index (χ1n) is 13.2. The molecule has 0 radical (unpaired) electrons. The fourth-order valence-corrected chi connectivity index (χ4v) is 8.25. The molecular formula is C31H27N3O3S3. The maximum absolute atomic E-state index is 13.1. The number of carbonyl (C=O) groups is 2. The summed E-state index contributed by atoms with van der Waals surface area (Å²) in [6.45, 7) is 3.91. The maximum atomic E-state index is 13.1. The molecule has 0 saturated heterocycles. The second kappa shape index (κ2) is 11.5. The normalized spacial score (nSPS) is 12.4. The molecule has 3 aromatic heterocycles. The predicted molar refractivity (Wildman–Crippen MR) is 165 cm³/mol. The van der Waals surface area contributed by atoms with Gasteiger partial charge >= 0.3 is 5.97 Å². The second-order valence-corrected chi connectivity index (χ2v) is 12.4. The molecule has 6 nitrogen and oxygen atoms in total. The van der Waals surface area contributed by atoms with Gasteiger partial charge in [0.1, 0.15) is 26.2 Å². The van der Waals surface area contributed by atoms with E-state index in [1.807, 2.05) is 54.8 Å². The van der Waals surface area contributed by atoms with E-state index >= 15 is 0 Å². The lowest BCUT2D eigenvalue weighted by Crippen LogP contribution is -2.16. The van der Waals surface area contributed by atoms with E-state index < -0.39 is 5.97 Å². The first kappa shape index (κ1) is 26.7. The predicted octanol–water partition coefficient (Wildman–Crippen LogP) is 7.79. The molecule has 1 N–H and O–H groups in total. The fourth-order valence-electron chi connectivity index (χ4n) is 5.01. The van der Waals surface area contributed by atoms with Crippen molar-refractivity contribution in [2.75, 3.05) is 17.7 Å². The highest BCUT2D eigenvalue weighted by Gasteiger charge is 2.25. The first-order chi connectivity index (χ1) is 19.5. The Balaban J connectivity index is 1.23. The molecule has 0 bridgehead atoms. The summed E-state index contributed by atoms with van der Waals surface area (Å²) in [5, 5.41) is 7.32. The third-order valence-corrected chi connectivity index (χ3v) is 9.87. The maximum Gasteiger partial charge on any atom is 0.341 e. The van der Waals surface area contributed by atoms with Crippen LogP contribution < -0.4 is 5.32 Å². The number of carbonyl (C=O) groups excluding carboxylic acids is 2. The highest BCUT2D eigenvalue weighted by Crippen LogP contribution is 2.41. The summed E-state index contributed by atoms with van der Waals surface area (Å²) in [5.41, 5.74) is 5.57. The summed E-state index contributed by atoms with van der Waals surface area (Å²) in [6, 6.07) is 18.2. The van der Waals surface area contributed by atoms with Crippen LogP contribution in [0.3, 0.4) is 0 Å². The van der Waals surface area contributed by atoms with E-state index in [0.29, 0.717) is 16.4 Å².